The van der Waals surface area contributed by atoms with Gasteiger partial charge in [-0.3, -0.25) is 0 Å². The van der Waals surface area contributed by atoms with Crippen LogP contribution in [0.3, 0.4) is 0 Å². The number of imidazole rings is 1. The molecule has 1 aliphatic heterocycles. The molecule has 5 nitrogen and oxygen atoms in total. The minimum atomic E-state index is -0.226. The van der Waals surface area contributed by atoms with Gasteiger partial charge < -0.3 is 10.0 Å². The molecule has 0 atom stereocenters. The molecule has 1 saturated heterocycles. The molecule has 0 radical (unpaired) electrons. The van der Waals surface area contributed by atoms with Crippen LogP contribution in [0.5, 0.6) is 0 Å². The summed E-state index contributed by atoms with van der Waals surface area (Å²) >= 11 is 7.42. The third-order valence-electron chi connectivity index (χ3n) is 3.31. The number of aromatic nitrogens is 3. The average molecular weight is 307 g/mol. The number of rotatable bonds is 2. The number of aliphatic hydroxyl groups excluding tert-OH is 1. The highest BCUT2D eigenvalue weighted by Gasteiger charge is 2.27. The zero-order chi connectivity index (χ0) is 13.7. The molecule has 3 aromatic rings. The zero-order valence-electron chi connectivity index (χ0n) is 10.4. The maximum Gasteiger partial charge on any atom is 0.214 e. The van der Waals surface area contributed by atoms with Crippen molar-refractivity contribution >= 4 is 33.0 Å². The lowest BCUT2D eigenvalue weighted by atomic mass is 10.2. The minimum absolute atomic E-state index is 0.226. The first-order valence-corrected chi connectivity index (χ1v) is 7.44. The van der Waals surface area contributed by atoms with Crippen LogP contribution in [0.25, 0.3) is 16.2 Å². The van der Waals surface area contributed by atoms with Crippen LogP contribution in [-0.4, -0.2) is 38.9 Å². The number of β-amino-alcohol motifs (C(OH)–C–C–N with tert-alkyl or cyclic N) is 1. The maximum atomic E-state index is 9.32. The monoisotopic (exact) mass is 306 g/mol. The predicted octanol–water partition coefficient (Wildman–Crippen LogP) is 2.29. The van der Waals surface area contributed by atoms with E-state index in [9.17, 15) is 5.11 Å². The summed E-state index contributed by atoms with van der Waals surface area (Å²) in [5, 5.41) is 15.4. The highest BCUT2D eigenvalue weighted by molar-refractivity contribution is 7.20. The van der Waals surface area contributed by atoms with E-state index in [0.29, 0.717) is 18.1 Å². The summed E-state index contributed by atoms with van der Waals surface area (Å²) in [6, 6.07) is 7.60. The molecule has 0 aliphatic carbocycles. The Morgan fingerprint density at radius 2 is 2.00 bits per heavy atom. The molecular formula is C13H11ClN4OS. The Morgan fingerprint density at radius 1 is 1.25 bits per heavy atom. The molecule has 0 saturated carbocycles. The molecule has 4 rings (SSSR count). The topological polar surface area (TPSA) is 53.7 Å². The Kier molecular flexibility index (Phi) is 2.70. The van der Waals surface area contributed by atoms with Crippen LogP contribution in [0.4, 0.5) is 5.13 Å². The van der Waals surface area contributed by atoms with Crippen molar-refractivity contribution in [3.05, 3.63) is 35.5 Å². The fraction of sp³-hybridized carbons (Fsp3) is 0.231. The third-order valence-corrected chi connectivity index (χ3v) is 4.54. The van der Waals surface area contributed by atoms with Gasteiger partial charge in [-0.05, 0) is 12.1 Å². The Bertz CT molecular complexity index is 729. The summed E-state index contributed by atoms with van der Waals surface area (Å²) in [7, 11) is 0. The van der Waals surface area contributed by atoms with E-state index < -0.39 is 0 Å². The van der Waals surface area contributed by atoms with Crippen molar-refractivity contribution in [2.24, 2.45) is 0 Å². The predicted molar refractivity (Wildman–Crippen MR) is 79.5 cm³/mol. The van der Waals surface area contributed by atoms with Crippen LogP contribution in [0.1, 0.15) is 0 Å². The number of fused-ring (bicyclic) bond motifs is 1. The van der Waals surface area contributed by atoms with Crippen LogP contribution in [0, 0.1) is 0 Å². The molecule has 0 spiro atoms. The molecule has 1 aromatic carbocycles. The van der Waals surface area contributed by atoms with Gasteiger partial charge in [-0.25, -0.2) is 9.50 Å². The molecule has 7 heteroatoms. The first-order valence-electron chi connectivity index (χ1n) is 6.24. The molecule has 20 heavy (non-hydrogen) atoms. The van der Waals surface area contributed by atoms with Gasteiger partial charge in [-0.15, -0.1) is 5.10 Å². The Labute approximate surface area is 124 Å². The molecule has 0 amide bonds. The van der Waals surface area contributed by atoms with Gasteiger partial charge in [0.15, 0.2) is 0 Å². The molecule has 0 bridgehead atoms. The second-order valence-corrected chi connectivity index (χ2v) is 6.17. The highest BCUT2D eigenvalue weighted by Crippen LogP contribution is 2.29. The first kappa shape index (κ1) is 12.1. The number of hydrogen-bond donors (Lipinski definition) is 1. The summed E-state index contributed by atoms with van der Waals surface area (Å²) in [5.74, 6) is 0. The number of benzene rings is 1. The second-order valence-electron chi connectivity index (χ2n) is 4.80. The van der Waals surface area contributed by atoms with E-state index in [2.05, 4.69) is 10.1 Å². The lowest BCUT2D eigenvalue weighted by Crippen LogP contribution is -2.50. The van der Waals surface area contributed by atoms with Crippen LogP contribution in [0.15, 0.2) is 30.5 Å². The fourth-order valence-corrected chi connectivity index (χ4v) is 3.22. The number of hydrogen-bond acceptors (Lipinski definition) is 5. The lowest BCUT2D eigenvalue weighted by molar-refractivity contribution is 0.141. The number of nitrogens with zero attached hydrogens (tertiary/aromatic N) is 4. The lowest BCUT2D eigenvalue weighted by Gasteiger charge is -2.35. The molecule has 1 N–H and O–H groups in total. The zero-order valence-corrected chi connectivity index (χ0v) is 12.0. The molecule has 2 aromatic heterocycles. The summed E-state index contributed by atoms with van der Waals surface area (Å²) in [5.41, 5.74) is 1.91. The van der Waals surface area contributed by atoms with Crippen molar-refractivity contribution in [1.82, 2.24) is 14.6 Å². The summed E-state index contributed by atoms with van der Waals surface area (Å²) in [4.78, 5) is 7.48. The summed E-state index contributed by atoms with van der Waals surface area (Å²) in [6.07, 6.45) is 1.69. The van der Waals surface area contributed by atoms with Crippen LogP contribution in [0.2, 0.25) is 5.02 Å². The molecular weight excluding hydrogens is 296 g/mol. The Morgan fingerprint density at radius 3 is 2.65 bits per heavy atom. The standard InChI is InChI=1S/C13H11ClN4OS/c14-9-3-1-8(2-4-9)11-7-18-12(15-11)20-13(16-18)17-5-10(19)6-17/h1-4,7,10,19H,5-6H2. The second kappa shape index (κ2) is 4.44. The highest BCUT2D eigenvalue weighted by atomic mass is 35.5. The SMILES string of the molecule is OC1CN(c2nn3cc(-c4ccc(Cl)cc4)nc3s2)C1. The number of aliphatic hydroxyl groups is 1. The van der Waals surface area contributed by atoms with E-state index in [-0.39, 0.29) is 6.10 Å². The summed E-state index contributed by atoms with van der Waals surface area (Å²) in [6.45, 7) is 1.31. The van der Waals surface area contributed by atoms with Crippen molar-refractivity contribution in [2.75, 3.05) is 18.0 Å². The van der Waals surface area contributed by atoms with Gasteiger partial charge in [-0.2, -0.15) is 0 Å². The van der Waals surface area contributed by atoms with Crippen molar-refractivity contribution in [3.63, 3.8) is 0 Å². The average Bonchev–Trinajstić information content (AvgIpc) is 2.94. The van der Waals surface area contributed by atoms with Crippen LogP contribution >= 0.6 is 22.9 Å². The van der Waals surface area contributed by atoms with Gasteiger partial charge in [-0.1, -0.05) is 35.1 Å². The quantitative estimate of drug-likeness (QED) is 0.789. The van der Waals surface area contributed by atoms with E-state index in [1.54, 1.807) is 4.52 Å². The molecule has 1 fully saturated rings. The van der Waals surface area contributed by atoms with E-state index in [1.165, 1.54) is 11.3 Å². The van der Waals surface area contributed by atoms with E-state index in [1.807, 2.05) is 35.4 Å². The smallest absolute Gasteiger partial charge is 0.214 e. The van der Waals surface area contributed by atoms with Gasteiger partial charge in [0.2, 0.25) is 10.1 Å². The minimum Gasteiger partial charge on any atom is -0.389 e. The van der Waals surface area contributed by atoms with Crippen LogP contribution in [-0.2, 0) is 0 Å². The van der Waals surface area contributed by atoms with Crippen molar-refractivity contribution in [3.8, 4) is 11.3 Å². The molecule has 1 aliphatic rings. The van der Waals surface area contributed by atoms with Gasteiger partial charge in [0.1, 0.15) is 0 Å². The normalized spacial score (nSPS) is 15.8. The van der Waals surface area contributed by atoms with Crippen LogP contribution < -0.4 is 4.90 Å². The first-order chi connectivity index (χ1) is 9.69. The summed E-state index contributed by atoms with van der Waals surface area (Å²) < 4.78 is 1.79. The molecule has 3 heterocycles. The third kappa shape index (κ3) is 1.96. The Balaban J connectivity index is 1.66. The number of halogens is 1. The fourth-order valence-electron chi connectivity index (χ4n) is 2.19. The van der Waals surface area contributed by atoms with Crippen molar-refractivity contribution < 1.29 is 5.11 Å². The maximum absolute atomic E-state index is 9.32. The van der Waals surface area contributed by atoms with E-state index >= 15 is 0 Å². The number of anilines is 1. The van der Waals surface area contributed by atoms with Gasteiger partial charge in [0.25, 0.3) is 0 Å². The van der Waals surface area contributed by atoms with Gasteiger partial charge in [0, 0.05) is 23.7 Å². The van der Waals surface area contributed by atoms with Gasteiger partial charge in [0.05, 0.1) is 18.0 Å². The van der Waals surface area contributed by atoms with Gasteiger partial charge >= 0.3 is 0 Å². The largest absolute Gasteiger partial charge is 0.389 e. The van der Waals surface area contributed by atoms with Crippen molar-refractivity contribution in [2.45, 2.75) is 6.10 Å². The molecule has 0 unspecified atom stereocenters. The van der Waals surface area contributed by atoms with E-state index in [4.69, 9.17) is 11.6 Å². The molecule has 102 valence electrons. The van der Waals surface area contributed by atoms with Crippen molar-refractivity contribution in [1.29, 1.82) is 0 Å². The van der Waals surface area contributed by atoms with E-state index in [0.717, 1.165) is 21.3 Å². The Hall–Kier alpha value is -1.63.